The summed E-state index contributed by atoms with van der Waals surface area (Å²) >= 11 is 0. The molecule has 0 aliphatic heterocycles. The normalized spacial score (nSPS) is 12.1. The van der Waals surface area contributed by atoms with Gasteiger partial charge >= 0.3 is 0 Å². The van der Waals surface area contributed by atoms with E-state index in [0.717, 1.165) is 25.7 Å². The second kappa shape index (κ2) is 6.90. The van der Waals surface area contributed by atoms with Crippen LogP contribution in [0, 0.1) is 5.92 Å². The Bertz CT molecular complexity index is 153. The minimum absolute atomic E-state index is 0.694. The Balaban J connectivity index is 3.53. The van der Waals surface area contributed by atoms with Crippen molar-refractivity contribution in [2.45, 2.75) is 32.6 Å². The first-order valence-corrected chi connectivity index (χ1v) is 4.59. The summed E-state index contributed by atoms with van der Waals surface area (Å²) in [5, 5.41) is 0. The van der Waals surface area contributed by atoms with E-state index >= 15 is 0 Å². The lowest BCUT2D eigenvalue weighted by Crippen LogP contribution is -1.94. The van der Waals surface area contributed by atoms with E-state index in [1.807, 2.05) is 12.2 Å². The lowest BCUT2D eigenvalue weighted by Gasteiger charge is -2.09. The Morgan fingerprint density at radius 3 is 2.50 bits per heavy atom. The maximum absolute atomic E-state index is 4.03. The van der Waals surface area contributed by atoms with Gasteiger partial charge in [0.05, 0.1) is 0 Å². The molecule has 0 spiro atoms. The Labute approximate surface area is 76.7 Å². The van der Waals surface area contributed by atoms with Gasteiger partial charge in [-0.2, -0.15) is 0 Å². The van der Waals surface area contributed by atoms with Crippen LogP contribution < -0.4 is 0 Å². The van der Waals surface area contributed by atoms with Crippen LogP contribution >= 0.6 is 0 Å². The van der Waals surface area contributed by atoms with E-state index in [1.165, 1.54) is 5.57 Å². The molecule has 0 bridgehead atoms. The third kappa shape index (κ3) is 5.96. The zero-order valence-electron chi connectivity index (χ0n) is 8.18. The van der Waals surface area contributed by atoms with E-state index in [2.05, 4.69) is 26.7 Å². The van der Waals surface area contributed by atoms with Crippen molar-refractivity contribution >= 4 is 0 Å². The van der Waals surface area contributed by atoms with E-state index in [1.54, 1.807) is 0 Å². The Hall–Kier alpha value is -0.780. The van der Waals surface area contributed by atoms with Gasteiger partial charge in [0.25, 0.3) is 0 Å². The van der Waals surface area contributed by atoms with Gasteiger partial charge in [0.2, 0.25) is 0 Å². The van der Waals surface area contributed by atoms with Crippen LogP contribution in [0.2, 0.25) is 0 Å². The van der Waals surface area contributed by atoms with Gasteiger partial charge in [-0.15, -0.1) is 13.2 Å². The van der Waals surface area contributed by atoms with Gasteiger partial charge in [-0.1, -0.05) is 31.2 Å². The fourth-order valence-electron chi connectivity index (χ4n) is 1.27. The van der Waals surface area contributed by atoms with Crippen molar-refractivity contribution < 1.29 is 0 Å². The second-order valence-electron chi connectivity index (χ2n) is 3.41. The largest absolute Gasteiger partial charge is 0.103 e. The summed E-state index contributed by atoms with van der Waals surface area (Å²) in [5.41, 5.74) is 1.34. The molecule has 0 aliphatic carbocycles. The van der Waals surface area contributed by atoms with Crippen molar-refractivity contribution in [3.8, 4) is 0 Å². The lowest BCUT2D eigenvalue weighted by atomic mass is 9.96. The molecule has 0 aromatic heterocycles. The van der Waals surface area contributed by atoms with Crippen molar-refractivity contribution in [2.24, 2.45) is 5.92 Å². The molecule has 0 aromatic rings. The van der Waals surface area contributed by atoms with Crippen LogP contribution in [-0.4, -0.2) is 0 Å². The predicted octanol–water partition coefficient (Wildman–Crippen LogP) is 4.11. The topological polar surface area (TPSA) is 0 Å². The molecule has 1 atom stereocenters. The van der Waals surface area contributed by atoms with Gasteiger partial charge in [0, 0.05) is 0 Å². The quantitative estimate of drug-likeness (QED) is 0.497. The van der Waals surface area contributed by atoms with E-state index in [4.69, 9.17) is 0 Å². The highest BCUT2D eigenvalue weighted by Gasteiger charge is 2.01. The average molecular weight is 164 g/mol. The van der Waals surface area contributed by atoms with E-state index in [-0.39, 0.29) is 0 Å². The maximum Gasteiger partial charge on any atom is -0.0288 e. The van der Waals surface area contributed by atoms with E-state index in [0.29, 0.717) is 5.92 Å². The first kappa shape index (κ1) is 11.2. The lowest BCUT2D eigenvalue weighted by molar-refractivity contribution is 0.576. The van der Waals surface area contributed by atoms with E-state index in [9.17, 15) is 0 Å². The highest BCUT2D eigenvalue weighted by molar-refractivity contribution is 4.97. The standard InChI is InChI=1S/C12H20/c1-5-7-9-12(4)10-11(3)8-6-2/h5-6,11H,1-2,4,7-10H2,3H3. The Kier molecular flexibility index (Phi) is 6.45. The zero-order valence-corrected chi connectivity index (χ0v) is 8.18. The zero-order chi connectivity index (χ0) is 9.40. The number of allylic oxidation sites excluding steroid dienone is 3. The van der Waals surface area contributed by atoms with Crippen molar-refractivity contribution in [3.05, 3.63) is 37.5 Å². The fraction of sp³-hybridized carbons (Fsp3) is 0.500. The first-order valence-electron chi connectivity index (χ1n) is 4.59. The van der Waals surface area contributed by atoms with Gasteiger partial charge in [0.15, 0.2) is 0 Å². The van der Waals surface area contributed by atoms with Crippen molar-refractivity contribution in [2.75, 3.05) is 0 Å². The molecule has 0 heteroatoms. The second-order valence-corrected chi connectivity index (χ2v) is 3.41. The van der Waals surface area contributed by atoms with Crippen LogP contribution in [0.1, 0.15) is 32.6 Å². The van der Waals surface area contributed by atoms with Crippen LogP contribution in [0.4, 0.5) is 0 Å². The van der Waals surface area contributed by atoms with Gasteiger partial charge in [-0.25, -0.2) is 0 Å². The average Bonchev–Trinajstić information content (AvgIpc) is 2.01. The van der Waals surface area contributed by atoms with Gasteiger partial charge in [-0.3, -0.25) is 0 Å². The van der Waals surface area contributed by atoms with Crippen molar-refractivity contribution in [3.63, 3.8) is 0 Å². The van der Waals surface area contributed by atoms with Crippen LogP contribution in [0.15, 0.2) is 37.5 Å². The number of hydrogen-bond acceptors (Lipinski definition) is 0. The minimum atomic E-state index is 0.694. The van der Waals surface area contributed by atoms with Crippen LogP contribution in [0.3, 0.4) is 0 Å². The number of hydrogen-bond donors (Lipinski definition) is 0. The highest BCUT2D eigenvalue weighted by Crippen LogP contribution is 2.17. The molecule has 0 N–H and O–H groups in total. The molecule has 0 amide bonds. The molecule has 68 valence electrons. The summed E-state index contributed by atoms with van der Waals surface area (Å²) < 4.78 is 0. The molecular weight excluding hydrogens is 144 g/mol. The minimum Gasteiger partial charge on any atom is -0.103 e. The summed E-state index contributed by atoms with van der Waals surface area (Å²) in [6.07, 6.45) is 8.28. The van der Waals surface area contributed by atoms with Gasteiger partial charge in [0.1, 0.15) is 0 Å². The summed E-state index contributed by atoms with van der Waals surface area (Å²) in [6.45, 7) is 13.7. The molecule has 0 fully saturated rings. The molecule has 0 saturated carbocycles. The smallest absolute Gasteiger partial charge is 0.0288 e. The van der Waals surface area contributed by atoms with Crippen LogP contribution in [0.25, 0.3) is 0 Å². The summed E-state index contributed by atoms with van der Waals surface area (Å²) in [4.78, 5) is 0. The molecule has 0 radical (unpaired) electrons. The molecule has 0 nitrogen and oxygen atoms in total. The molecule has 1 unspecified atom stereocenters. The molecule has 0 saturated heterocycles. The SMILES string of the molecule is C=CCCC(=C)CC(C)CC=C. The third-order valence-corrected chi connectivity index (χ3v) is 1.91. The Morgan fingerprint density at radius 1 is 1.33 bits per heavy atom. The third-order valence-electron chi connectivity index (χ3n) is 1.91. The summed E-state index contributed by atoms with van der Waals surface area (Å²) in [6, 6.07) is 0. The maximum atomic E-state index is 4.03. The number of rotatable bonds is 7. The molecule has 0 rings (SSSR count). The van der Waals surface area contributed by atoms with Crippen molar-refractivity contribution in [1.82, 2.24) is 0 Å². The monoisotopic (exact) mass is 164 g/mol. The fourth-order valence-corrected chi connectivity index (χ4v) is 1.27. The van der Waals surface area contributed by atoms with Gasteiger partial charge < -0.3 is 0 Å². The highest BCUT2D eigenvalue weighted by atomic mass is 14.1. The van der Waals surface area contributed by atoms with Crippen LogP contribution in [-0.2, 0) is 0 Å². The molecular formula is C12H20. The molecule has 0 heterocycles. The first-order chi connectivity index (χ1) is 5.70. The molecule has 0 aromatic carbocycles. The summed E-state index contributed by atoms with van der Waals surface area (Å²) in [5.74, 6) is 0.694. The molecule has 12 heavy (non-hydrogen) atoms. The molecule has 0 aliphatic rings. The Morgan fingerprint density at radius 2 is 2.00 bits per heavy atom. The van der Waals surface area contributed by atoms with Gasteiger partial charge in [-0.05, 0) is 31.6 Å². The summed E-state index contributed by atoms with van der Waals surface area (Å²) in [7, 11) is 0. The van der Waals surface area contributed by atoms with E-state index < -0.39 is 0 Å². The van der Waals surface area contributed by atoms with Crippen molar-refractivity contribution in [1.29, 1.82) is 0 Å². The van der Waals surface area contributed by atoms with Crippen LogP contribution in [0.5, 0.6) is 0 Å². The predicted molar refractivity (Wildman–Crippen MR) is 57.2 cm³/mol.